The molecule has 1 N–H and O–H groups in total. The lowest BCUT2D eigenvalue weighted by atomic mass is 10.2. The van der Waals surface area contributed by atoms with E-state index in [0.29, 0.717) is 0 Å². The lowest BCUT2D eigenvalue weighted by molar-refractivity contribution is -0.128. The zero-order valence-electron chi connectivity index (χ0n) is 8.66. The zero-order chi connectivity index (χ0) is 10.8. The summed E-state index contributed by atoms with van der Waals surface area (Å²) in [7, 11) is 0. The molecule has 2 rings (SSSR count). The van der Waals surface area contributed by atoms with E-state index in [4.69, 9.17) is 5.11 Å². The normalized spacial score (nSPS) is 30.8. The van der Waals surface area contributed by atoms with Crippen molar-refractivity contribution in [3.05, 3.63) is 11.6 Å². The third-order valence-corrected chi connectivity index (χ3v) is 3.15. The van der Waals surface area contributed by atoms with E-state index in [2.05, 4.69) is 0 Å². The molecule has 0 aromatic heterocycles. The zero-order valence-corrected chi connectivity index (χ0v) is 8.66. The van der Waals surface area contributed by atoms with Gasteiger partial charge in [-0.15, -0.1) is 0 Å². The van der Waals surface area contributed by atoms with E-state index in [-0.39, 0.29) is 31.5 Å². The van der Waals surface area contributed by atoms with Gasteiger partial charge < -0.3 is 10.0 Å². The molecule has 1 fully saturated rings. The first-order valence-electron chi connectivity index (χ1n) is 5.47. The molecule has 0 radical (unpaired) electrons. The van der Waals surface area contributed by atoms with Crippen molar-refractivity contribution in [2.75, 3.05) is 13.2 Å². The molecule has 0 spiro atoms. The largest absolute Gasteiger partial charge is 0.394 e. The fourth-order valence-electron chi connectivity index (χ4n) is 2.33. The molecule has 1 aliphatic carbocycles. The minimum atomic E-state index is -0.979. The maximum atomic E-state index is 13.1. The number of halogens is 1. The van der Waals surface area contributed by atoms with Gasteiger partial charge in [0.1, 0.15) is 6.17 Å². The number of hydrogen-bond acceptors (Lipinski definition) is 2. The molecule has 0 bridgehead atoms. The SMILES string of the molecule is O=C(C1=CCCC1)N1C[C@@H](F)C[C@H]1CO. The highest BCUT2D eigenvalue weighted by atomic mass is 19.1. The standard InChI is InChI=1S/C11H16FNO2/c12-9-5-10(7-14)13(6-9)11(15)8-3-1-2-4-8/h3,9-10,14H,1-2,4-7H2/t9-,10-/m0/s1. The van der Waals surface area contributed by atoms with Gasteiger partial charge in [0.25, 0.3) is 0 Å². The van der Waals surface area contributed by atoms with Crippen molar-refractivity contribution in [2.45, 2.75) is 37.9 Å². The number of rotatable bonds is 2. The second-order valence-corrected chi connectivity index (χ2v) is 4.25. The number of carbonyl (C=O) groups excluding carboxylic acids is 1. The van der Waals surface area contributed by atoms with Gasteiger partial charge in [-0.1, -0.05) is 6.08 Å². The highest BCUT2D eigenvalue weighted by molar-refractivity contribution is 5.94. The summed E-state index contributed by atoms with van der Waals surface area (Å²) in [5.41, 5.74) is 0.794. The van der Waals surface area contributed by atoms with Gasteiger partial charge in [0.15, 0.2) is 0 Å². The van der Waals surface area contributed by atoms with E-state index in [1.165, 1.54) is 4.90 Å². The predicted octanol–water partition coefficient (Wildman–Crippen LogP) is 1.03. The molecule has 1 saturated heterocycles. The molecule has 15 heavy (non-hydrogen) atoms. The van der Waals surface area contributed by atoms with Crippen molar-refractivity contribution in [1.29, 1.82) is 0 Å². The summed E-state index contributed by atoms with van der Waals surface area (Å²) in [6, 6.07) is -0.325. The molecule has 1 heterocycles. The molecule has 0 aromatic carbocycles. The van der Waals surface area contributed by atoms with Crippen LogP contribution in [0.15, 0.2) is 11.6 Å². The number of alkyl halides is 1. The van der Waals surface area contributed by atoms with Crippen molar-refractivity contribution in [2.24, 2.45) is 0 Å². The average Bonchev–Trinajstić information content (AvgIpc) is 2.84. The minimum Gasteiger partial charge on any atom is -0.394 e. The van der Waals surface area contributed by atoms with Crippen LogP contribution in [0.3, 0.4) is 0 Å². The average molecular weight is 213 g/mol. The Morgan fingerprint density at radius 3 is 3.07 bits per heavy atom. The maximum absolute atomic E-state index is 13.1. The van der Waals surface area contributed by atoms with Crippen LogP contribution in [0.2, 0.25) is 0 Å². The van der Waals surface area contributed by atoms with Crippen molar-refractivity contribution in [1.82, 2.24) is 4.90 Å². The van der Waals surface area contributed by atoms with Crippen molar-refractivity contribution in [3.8, 4) is 0 Å². The van der Waals surface area contributed by atoms with Crippen molar-refractivity contribution in [3.63, 3.8) is 0 Å². The molecular weight excluding hydrogens is 197 g/mol. The van der Waals surface area contributed by atoms with Gasteiger partial charge in [-0.2, -0.15) is 0 Å². The third kappa shape index (κ3) is 2.04. The van der Waals surface area contributed by atoms with Crippen LogP contribution in [-0.4, -0.2) is 41.3 Å². The molecule has 0 unspecified atom stereocenters. The van der Waals surface area contributed by atoms with Gasteiger partial charge in [-0.25, -0.2) is 4.39 Å². The summed E-state index contributed by atoms with van der Waals surface area (Å²) in [5.74, 6) is -0.0771. The first-order valence-corrected chi connectivity index (χ1v) is 5.47. The van der Waals surface area contributed by atoms with Crippen LogP contribution < -0.4 is 0 Å². The summed E-state index contributed by atoms with van der Waals surface area (Å²) in [6.45, 7) is 0.000833. The Hall–Kier alpha value is -0.900. The second-order valence-electron chi connectivity index (χ2n) is 4.25. The van der Waals surface area contributed by atoms with Gasteiger partial charge in [0.2, 0.25) is 5.91 Å². The highest BCUT2D eigenvalue weighted by Crippen LogP contribution is 2.26. The summed E-state index contributed by atoms with van der Waals surface area (Å²) in [5, 5.41) is 9.07. The minimum absolute atomic E-state index is 0.0771. The first kappa shape index (κ1) is 10.6. The van der Waals surface area contributed by atoms with Crippen LogP contribution >= 0.6 is 0 Å². The van der Waals surface area contributed by atoms with Gasteiger partial charge in [0, 0.05) is 12.0 Å². The molecule has 0 saturated carbocycles. The molecule has 4 heteroatoms. The van der Waals surface area contributed by atoms with Crippen LogP contribution in [0.5, 0.6) is 0 Å². The van der Waals surface area contributed by atoms with Crippen LogP contribution in [0, 0.1) is 0 Å². The van der Waals surface area contributed by atoms with E-state index in [0.717, 1.165) is 24.8 Å². The number of carbonyl (C=O) groups is 1. The molecule has 84 valence electrons. The Bertz CT molecular complexity index is 290. The monoisotopic (exact) mass is 213 g/mol. The van der Waals surface area contributed by atoms with Gasteiger partial charge in [-0.3, -0.25) is 4.79 Å². The van der Waals surface area contributed by atoms with Crippen LogP contribution in [0.4, 0.5) is 4.39 Å². The van der Waals surface area contributed by atoms with Gasteiger partial charge >= 0.3 is 0 Å². The molecule has 1 amide bonds. The highest BCUT2D eigenvalue weighted by Gasteiger charge is 2.36. The Kier molecular flexibility index (Phi) is 3.05. The van der Waals surface area contributed by atoms with Crippen LogP contribution in [-0.2, 0) is 4.79 Å². The van der Waals surface area contributed by atoms with Crippen LogP contribution in [0.1, 0.15) is 25.7 Å². The Balaban J connectivity index is 2.05. The van der Waals surface area contributed by atoms with E-state index >= 15 is 0 Å². The number of aliphatic hydroxyl groups is 1. The molecule has 2 atom stereocenters. The van der Waals surface area contributed by atoms with Crippen molar-refractivity contribution < 1.29 is 14.3 Å². The molecule has 2 aliphatic rings. The van der Waals surface area contributed by atoms with E-state index in [1.807, 2.05) is 6.08 Å². The summed E-state index contributed by atoms with van der Waals surface area (Å²) in [6.07, 6.45) is 3.98. The van der Waals surface area contributed by atoms with Crippen molar-refractivity contribution >= 4 is 5.91 Å². The van der Waals surface area contributed by atoms with Gasteiger partial charge in [-0.05, 0) is 19.3 Å². The summed E-state index contributed by atoms with van der Waals surface area (Å²) in [4.78, 5) is 13.4. The fraction of sp³-hybridized carbons (Fsp3) is 0.727. The maximum Gasteiger partial charge on any atom is 0.249 e. The molecular formula is C11H16FNO2. The Labute approximate surface area is 88.6 Å². The Morgan fingerprint density at radius 1 is 1.67 bits per heavy atom. The van der Waals surface area contributed by atoms with Crippen LogP contribution in [0.25, 0.3) is 0 Å². The predicted molar refractivity (Wildman–Crippen MR) is 54.0 cm³/mol. The fourth-order valence-corrected chi connectivity index (χ4v) is 2.33. The molecule has 1 aliphatic heterocycles. The number of nitrogens with zero attached hydrogens (tertiary/aromatic N) is 1. The van der Waals surface area contributed by atoms with E-state index in [9.17, 15) is 9.18 Å². The second kappa shape index (κ2) is 4.31. The van der Waals surface area contributed by atoms with E-state index < -0.39 is 6.17 Å². The number of hydrogen-bond donors (Lipinski definition) is 1. The molecule has 3 nitrogen and oxygen atoms in total. The molecule has 0 aromatic rings. The lowest BCUT2D eigenvalue weighted by Crippen LogP contribution is -2.38. The topological polar surface area (TPSA) is 40.5 Å². The number of amides is 1. The lowest BCUT2D eigenvalue weighted by Gasteiger charge is -2.23. The number of aliphatic hydroxyl groups excluding tert-OH is 1. The van der Waals surface area contributed by atoms with Gasteiger partial charge in [0.05, 0.1) is 19.2 Å². The summed E-state index contributed by atoms with van der Waals surface area (Å²) >= 11 is 0. The summed E-state index contributed by atoms with van der Waals surface area (Å²) < 4.78 is 13.1. The van der Waals surface area contributed by atoms with E-state index in [1.54, 1.807) is 0 Å². The quantitative estimate of drug-likeness (QED) is 0.744. The smallest absolute Gasteiger partial charge is 0.249 e. The Morgan fingerprint density at radius 2 is 2.47 bits per heavy atom. The third-order valence-electron chi connectivity index (χ3n) is 3.15. The first-order chi connectivity index (χ1) is 7.22. The number of likely N-dealkylation sites (tertiary alicyclic amines) is 1. The number of allylic oxidation sites excluding steroid dienone is 1.